The molecule has 0 aliphatic rings. The van der Waals surface area contributed by atoms with Gasteiger partial charge in [0.2, 0.25) is 5.92 Å². The fourth-order valence-electron chi connectivity index (χ4n) is 1.61. The number of alkyl halides is 2. The van der Waals surface area contributed by atoms with Gasteiger partial charge >= 0.3 is 5.97 Å². The normalized spacial score (nSPS) is 13.6. The van der Waals surface area contributed by atoms with Gasteiger partial charge < -0.3 is 4.74 Å². The first-order valence-corrected chi connectivity index (χ1v) is 8.47. The fraction of sp³-hybridized carbons (Fsp3) is 0.933. The Bertz CT molecular complexity index is 265. The topological polar surface area (TPSA) is 26.3 Å². The van der Waals surface area contributed by atoms with Crippen LogP contribution in [0, 0.1) is 5.92 Å². The summed E-state index contributed by atoms with van der Waals surface area (Å²) in [6.45, 7) is 7.41. The summed E-state index contributed by atoms with van der Waals surface area (Å²) >= 11 is 1.45. The van der Waals surface area contributed by atoms with Gasteiger partial charge in [-0.2, -0.15) is 0 Å². The van der Waals surface area contributed by atoms with E-state index < -0.39 is 5.92 Å². The molecular formula is C15H28F2O2S. The molecule has 0 rings (SSSR count). The number of ether oxygens (including phenoxy) is 1. The summed E-state index contributed by atoms with van der Waals surface area (Å²) in [5.74, 6) is -1.92. The van der Waals surface area contributed by atoms with Gasteiger partial charge in [-0.1, -0.05) is 33.6 Å². The maximum atomic E-state index is 12.7. The number of halogens is 2. The van der Waals surface area contributed by atoms with Gasteiger partial charge in [-0.15, -0.1) is 11.8 Å². The van der Waals surface area contributed by atoms with Gasteiger partial charge in [0.1, 0.15) is 5.25 Å². The molecule has 20 heavy (non-hydrogen) atoms. The van der Waals surface area contributed by atoms with E-state index in [1.807, 2.05) is 13.8 Å². The molecule has 0 aliphatic heterocycles. The molecule has 0 aromatic rings. The molecule has 0 amide bonds. The largest absolute Gasteiger partial charge is 0.465 e. The van der Waals surface area contributed by atoms with E-state index in [4.69, 9.17) is 4.74 Å². The molecule has 1 unspecified atom stereocenters. The third-order valence-corrected chi connectivity index (χ3v) is 4.08. The van der Waals surface area contributed by atoms with Crippen molar-refractivity contribution in [1.29, 1.82) is 0 Å². The number of hydrogen-bond donors (Lipinski definition) is 0. The van der Waals surface area contributed by atoms with Crippen LogP contribution in [0.5, 0.6) is 0 Å². The minimum atomic E-state index is -2.61. The first-order chi connectivity index (χ1) is 9.26. The van der Waals surface area contributed by atoms with Crippen LogP contribution in [0.4, 0.5) is 8.78 Å². The molecule has 0 radical (unpaired) electrons. The van der Waals surface area contributed by atoms with E-state index in [1.54, 1.807) is 0 Å². The van der Waals surface area contributed by atoms with Crippen LogP contribution in [0.25, 0.3) is 0 Å². The Labute approximate surface area is 126 Å². The number of carbonyl (C=O) groups is 1. The third kappa shape index (κ3) is 11.5. The molecule has 0 saturated heterocycles. The summed E-state index contributed by atoms with van der Waals surface area (Å²) in [5, 5.41) is -0.209. The van der Waals surface area contributed by atoms with Crippen LogP contribution in [0.2, 0.25) is 0 Å². The predicted octanol–water partition coefficient (Wildman–Crippen LogP) is 4.91. The van der Waals surface area contributed by atoms with Crippen molar-refractivity contribution in [3.8, 4) is 0 Å². The van der Waals surface area contributed by atoms with E-state index in [0.29, 0.717) is 24.7 Å². The van der Waals surface area contributed by atoms with Crippen molar-refractivity contribution in [2.45, 2.75) is 71.0 Å². The lowest BCUT2D eigenvalue weighted by molar-refractivity contribution is -0.144. The molecule has 0 heterocycles. The number of rotatable bonds is 11. The lowest BCUT2D eigenvalue weighted by Crippen LogP contribution is -2.23. The molecule has 1 atom stereocenters. The molecule has 120 valence electrons. The quantitative estimate of drug-likeness (QED) is 0.400. The van der Waals surface area contributed by atoms with Crippen LogP contribution in [0.15, 0.2) is 0 Å². The number of esters is 1. The second kappa shape index (κ2) is 10.4. The molecule has 0 bridgehead atoms. The molecule has 0 fully saturated rings. The lowest BCUT2D eigenvalue weighted by Gasteiger charge is -2.17. The van der Waals surface area contributed by atoms with Gasteiger partial charge in [0.15, 0.2) is 0 Å². The molecule has 0 aliphatic carbocycles. The van der Waals surface area contributed by atoms with Crippen LogP contribution < -0.4 is 0 Å². The van der Waals surface area contributed by atoms with Crippen LogP contribution in [0.3, 0.4) is 0 Å². The van der Waals surface area contributed by atoms with E-state index in [0.717, 1.165) is 26.2 Å². The second-order valence-corrected chi connectivity index (χ2v) is 7.01. The first kappa shape index (κ1) is 19.7. The Kier molecular flexibility index (Phi) is 10.2. The maximum Gasteiger partial charge on any atom is 0.319 e. The van der Waals surface area contributed by atoms with Crippen LogP contribution in [-0.2, 0) is 9.53 Å². The summed E-state index contributed by atoms with van der Waals surface area (Å²) < 4.78 is 30.7. The van der Waals surface area contributed by atoms with Crippen molar-refractivity contribution in [3.63, 3.8) is 0 Å². The highest BCUT2D eigenvalue weighted by Gasteiger charge is 2.23. The third-order valence-electron chi connectivity index (χ3n) is 2.72. The summed E-state index contributed by atoms with van der Waals surface area (Å²) in [4.78, 5) is 12.0. The Hall–Kier alpha value is -0.320. The number of hydrogen-bond acceptors (Lipinski definition) is 3. The highest BCUT2D eigenvalue weighted by Crippen LogP contribution is 2.24. The maximum absolute atomic E-state index is 12.7. The zero-order chi connectivity index (χ0) is 15.6. The Morgan fingerprint density at radius 3 is 2.45 bits per heavy atom. The van der Waals surface area contributed by atoms with Gasteiger partial charge in [0, 0.05) is 6.42 Å². The van der Waals surface area contributed by atoms with E-state index in [2.05, 4.69) is 6.92 Å². The first-order valence-electron chi connectivity index (χ1n) is 7.42. The van der Waals surface area contributed by atoms with Crippen molar-refractivity contribution < 1.29 is 18.3 Å². The van der Waals surface area contributed by atoms with Crippen LogP contribution in [0.1, 0.15) is 59.8 Å². The van der Waals surface area contributed by atoms with Crippen molar-refractivity contribution in [2.24, 2.45) is 5.92 Å². The van der Waals surface area contributed by atoms with Gasteiger partial charge in [-0.25, -0.2) is 8.78 Å². The van der Waals surface area contributed by atoms with Crippen LogP contribution in [-0.4, -0.2) is 29.5 Å². The Balaban J connectivity index is 4.10. The van der Waals surface area contributed by atoms with E-state index in [-0.39, 0.29) is 17.6 Å². The molecule has 0 saturated carbocycles. The number of thioether (sulfide) groups is 1. The fourth-order valence-corrected chi connectivity index (χ4v) is 2.74. The van der Waals surface area contributed by atoms with Crippen molar-refractivity contribution in [1.82, 2.24) is 0 Å². The minimum absolute atomic E-state index is 0.123. The molecule has 5 heteroatoms. The number of carbonyl (C=O) groups excluding carboxylic acids is 1. The SMILES string of the molecule is CCCCC(SCCCC(C)(F)F)C(=O)OCC(C)C. The highest BCUT2D eigenvalue weighted by molar-refractivity contribution is 8.00. The van der Waals surface area contributed by atoms with Crippen molar-refractivity contribution >= 4 is 17.7 Å². The lowest BCUT2D eigenvalue weighted by atomic mass is 10.2. The van der Waals surface area contributed by atoms with E-state index in [9.17, 15) is 13.6 Å². The summed E-state index contributed by atoms with van der Waals surface area (Å²) in [6.07, 6.45) is 3.04. The van der Waals surface area contributed by atoms with E-state index in [1.165, 1.54) is 11.8 Å². The zero-order valence-corrected chi connectivity index (χ0v) is 13.9. The van der Waals surface area contributed by atoms with Gasteiger partial charge in [-0.3, -0.25) is 4.79 Å². The van der Waals surface area contributed by atoms with Gasteiger partial charge in [0.05, 0.1) is 6.61 Å². The second-order valence-electron chi connectivity index (χ2n) is 5.70. The van der Waals surface area contributed by atoms with Gasteiger partial charge in [-0.05, 0) is 31.4 Å². The molecule has 2 nitrogen and oxygen atoms in total. The monoisotopic (exact) mass is 310 g/mol. The van der Waals surface area contributed by atoms with Crippen LogP contribution >= 0.6 is 11.8 Å². The molecular weight excluding hydrogens is 282 g/mol. The summed E-state index contributed by atoms with van der Waals surface area (Å²) in [6, 6.07) is 0. The highest BCUT2D eigenvalue weighted by atomic mass is 32.2. The number of unbranched alkanes of at least 4 members (excludes halogenated alkanes) is 1. The average Bonchev–Trinajstić information content (AvgIpc) is 2.33. The molecule has 0 aromatic heterocycles. The van der Waals surface area contributed by atoms with Crippen molar-refractivity contribution in [2.75, 3.05) is 12.4 Å². The minimum Gasteiger partial charge on any atom is -0.465 e. The Morgan fingerprint density at radius 1 is 1.30 bits per heavy atom. The standard InChI is InChI=1S/C15H28F2O2S/c1-5-6-8-13(14(18)19-11-12(2)3)20-10-7-9-15(4,16)17/h12-13H,5-11H2,1-4H3. The average molecular weight is 310 g/mol. The van der Waals surface area contributed by atoms with Gasteiger partial charge in [0.25, 0.3) is 0 Å². The summed E-state index contributed by atoms with van der Waals surface area (Å²) in [7, 11) is 0. The summed E-state index contributed by atoms with van der Waals surface area (Å²) in [5.41, 5.74) is 0. The molecule has 0 aromatic carbocycles. The Morgan fingerprint density at radius 2 is 1.95 bits per heavy atom. The van der Waals surface area contributed by atoms with Crippen molar-refractivity contribution in [3.05, 3.63) is 0 Å². The predicted molar refractivity (Wildman–Crippen MR) is 81.4 cm³/mol. The zero-order valence-electron chi connectivity index (χ0n) is 13.1. The molecule has 0 N–H and O–H groups in total. The smallest absolute Gasteiger partial charge is 0.319 e. The molecule has 0 spiro atoms. The van der Waals surface area contributed by atoms with E-state index >= 15 is 0 Å².